The third-order valence-electron chi connectivity index (χ3n) is 5.40. The molecule has 0 aromatic heterocycles. The first-order valence-electron chi connectivity index (χ1n) is 9.30. The number of esters is 1. The summed E-state index contributed by atoms with van der Waals surface area (Å²) in [5, 5.41) is 21.1. The molecule has 0 aliphatic carbocycles. The Morgan fingerprint density at radius 2 is 1.77 bits per heavy atom. The number of aliphatic hydroxyl groups is 2. The normalized spacial score (nSPS) is 42.1. The Morgan fingerprint density at radius 1 is 1.19 bits per heavy atom. The second-order valence-electron chi connectivity index (χ2n) is 7.81. The maximum Gasteiger partial charge on any atom is 0.316 e. The number of hydrogen-bond acceptors (Lipinski definition) is 6. The van der Waals surface area contributed by atoms with E-state index in [0.717, 1.165) is 0 Å². The van der Waals surface area contributed by atoms with Gasteiger partial charge in [0.2, 0.25) is 0 Å². The fourth-order valence-corrected chi connectivity index (χ4v) is 3.37. The van der Waals surface area contributed by atoms with E-state index in [-0.39, 0.29) is 17.6 Å². The van der Waals surface area contributed by atoms with Crippen molar-refractivity contribution in [2.24, 2.45) is 23.7 Å². The Labute approximate surface area is 155 Å². The van der Waals surface area contributed by atoms with Crippen molar-refractivity contribution in [3.63, 3.8) is 0 Å². The molecule has 0 saturated carbocycles. The van der Waals surface area contributed by atoms with Gasteiger partial charge in [-0.1, -0.05) is 27.7 Å². The van der Waals surface area contributed by atoms with Crippen LogP contribution in [0.2, 0.25) is 0 Å². The first-order chi connectivity index (χ1) is 11.9. The van der Waals surface area contributed by atoms with Crippen LogP contribution in [0.25, 0.3) is 0 Å². The van der Waals surface area contributed by atoms with Crippen LogP contribution in [-0.4, -0.2) is 45.6 Å². The Morgan fingerprint density at radius 3 is 2.31 bits per heavy atom. The maximum absolute atomic E-state index is 12.6. The molecule has 0 aromatic carbocycles. The first kappa shape index (κ1) is 22.5. The molecule has 0 fully saturated rings. The van der Waals surface area contributed by atoms with E-state index in [2.05, 4.69) is 0 Å². The zero-order valence-corrected chi connectivity index (χ0v) is 16.6. The highest BCUT2D eigenvalue weighted by Gasteiger charge is 2.38. The van der Waals surface area contributed by atoms with Crippen LogP contribution in [0, 0.1) is 23.7 Å². The molecule has 148 valence electrons. The summed E-state index contributed by atoms with van der Waals surface area (Å²) in [7, 11) is 0. The van der Waals surface area contributed by atoms with Crippen LogP contribution in [0.5, 0.6) is 0 Å². The zero-order chi connectivity index (χ0) is 20.2. The van der Waals surface area contributed by atoms with Gasteiger partial charge >= 0.3 is 5.97 Å². The molecule has 6 heteroatoms. The summed E-state index contributed by atoms with van der Waals surface area (Å²) < 4.78 is 5.36. The molecule has 1 heterocycles. The summed E-state index contributed by atoms with van der Waals surface area (Å²) in [5.74, 6) is -3.78. The van der Waals surface area contributed by atoms with E-state index in [4.69, 9.17) is 4.74 Å². The van der Waals surface area contributed by atoms with Gasteiger partial charge in [-0.25, -0.2) is 0 Å². The number of carbonyl (C=O) groups excluding carboxylic acids is 3. The largest absolute Gasteiger partial charge is 0.458 e. The number of Topliss-reactive ketones (excluding diaryl/α,β-unsaturated/α-hetero) is 1. The van der Waals surface area contributed by atoms with Crippen molar-refractivity contribution in [3.05, 3.63) is 12.2 Å². The van der Waals surface area contributed by atoms with E-state index >= 15 is 0 Å². The van der Waals surface area contributed by atoms with Crippen molar-refractivity contribution in [2.75, 3.05) is 0 Å². The third-order valence-corrected chi connectivity index (χ3v) is 5.40. The Balaban J connectivity index is 3.27. The quantitative estimate of drug-likeness (QED) is 0.543. The number of ketones is 2. The molecule has 0 aromatic rings. The Hall–Kier alpha value is -1.53. The minimum absolute atomic E-state index is 0.185. The van der Waals surface area contributed by atoms with Crippen LogP contribution >= 0.6 is 0 Å². The Bertz CT molecular complexity index is 565. The van der Waals surface area contributed by atoms with Gasteiger partial charge in [-0.2, -0.15) is 0 Å². The van der Waals surface area contributed by atoms with Crippen molar-refractivity contribution < 1.29 is 29.3 Å². The lowest BCUT2D eigenvalue weighted by atomic mass is 9.81. The van der Waals surface area contributed by atoms with E-state index in [0.29, 0.717) is 12.8 Å². The number of ether oxygens (including phenoxy) is 1. The lowest BCUT2D eigenvalue weighted by molar-refractivity contribution is -0.166. The van der Waals surface area contributed by atoms with Crippen molar-refractivity contribution in [1.82, 2.24) is 0 Å². The van der Waals surface area contributed by atoms with Gasteiger partial charge in [-0.05, 0) is 44.8 Å². The van der Waals surface area contributed by atoms with Gasteiger partial charge < -0.3 is 14.9 Å². The molecule has 0 saturated heterocycles. The maximum atomic E-state index is 12.6. The van der Waals surface area contributed by atoms with Crippen LogP contribution in [0.1, 0.15) is 54.4 Å². The van der Waals surface area contributed by atoms with Crippen LogP contribution in [0.15, 0.2) is 12.2 Å². The number of rotatable bonds is 1. The van der Waals surface area contributed by atoms with Gasteiger partial charge in [0, 0.05) is 11.8 Å². The van der Waals surface area contributed by atoms with Gasteiger partial charge in [-0.3, -0.25) is 14.4 Å². The van der Waals surface area contributed by atoms with E-state index in [1.54, 1.807) is 27.7 Å². The SMILES string of the molecule is CCC1OC(=O)C(C)C(=O)C(C)C(O)C(C)CC(C)C(=O)/C=C/C1(C)O. The molecule has 7 unspecified atom stereocenters. The second-order valence-corrected chi connectivity index (χ2v) is 7.81. The van der Waals surface area contributed by atoms with E-state index < -0.39 is 41.4 Å². The number of aliphatic hydroxyl groups excluding tert-OH is 1. The van der Waals surface area contributed by atoms with Gasteiger partial charge in [-0.15, -0.1) is 0 Å². The summed E-state index contributed by atoms with van der Waals surface area (Å²) in [4.78, 5) is 37.3. The van der Waals surface area contributed by atoms with Gasteiger partial charge in [0.1, 0.15) is 17.6 Å². The van der Waals surface area contributed by atoms with Crippen molar-refractivity contribution in [3.8, 4) is 0 Å². The van der Waals surface area contributed by atoms with Crippen LogP contribution in [0.4, 0.5) is 0 Å². The van der Waals surface area contributed by atoms with E-state index in [1.807, 2.05) is 0 Å². The highest BCUT2D eigenvalue weighted by molar-refractivity contribution is 6.00. The predicted molar refractivity (Wildman–Crippen MR) is 97.2 cm³/mol. The van der Waals surface area contributed by atoms with Crippen LogP contribution < -0.4 is 0 Å². The molecule has 1 aliphatic rings. The highest BCUT2D eigenvalue weighted by Crippen LogP contribution is 2.26. The molecule has 1 rings (SSSR count). The summed E-state index contributed by atoms with van der Waals surface area (Å²) in [6.07, 6.45) is 1.54. The molecule has 0 radical (unpaired) electrons. The fraction of sp³-hybridized carbons (Fsp3) is 0.750. The standard InChI is InChI=1S/C20H32O6/c1-7-16-20(6,25)9-8-15(21)11(2)10-12(3)17(22)13(4)18(23)14(5)19(24)26-16/h8-9,11-14,16-17,22,25H,7,10H2,1-6H3/b9-8+. The van der Waals surface area contributed by atoms with Gasteiger partial charge in [0.15, 0.2) is 11.6 Å². The van der Waals surface area contributed by atoms with Crippen molar-refractivity contribution in [2.45, 2.75) is 72.2 Å². The minimum Gasteiger partial charge on any atom is -0.458 e. The van der Waals surface area contributed by atoms with Gasteiger partial charge in [0.05, 0.1) is 6.10 Å². The summed E-state index contributed by atoms with van der Waals surface area (Å²) in [5.41, 5.74) is -1.52. The summed E-state index contributed by atoms with van der Waals surface area (Å²) >= 11 is 0. The monoisotopic (exact) mass is 368 g/mol. The molecule has 0 spiro atoms. The highest BCUT2D eigenvalue weighted by atomic mass is 16.6. The van der Waals surface area contributed by atoms with Crippen molar-refractivity contribution >= 4 is 17.5 Å². The van der Waals surface area contributed by atoms with Gasteiger partial charge in [0.25, 0.3) is 0 Å². The smallest absolute Gasteiger partial charge is 0.316 e. The molecule has 7 atom stereocenters. The average Bonchev–Trinajstić information content (AvgIpc) is 2.60. The first-order valence-corrected chi connectivity index (χ1v) is 9.30. The molecular formula is C20H32O6. The minimum atomic E-state index is -1.52. The lowest BCUT2D eigenvalue weighted by Crippen LogP contribution is -2.44. The molecule has 0 bridgehead atoms. The topological polar surface area (TPSA) is 101 Å². The zero-order valence-electron chi connectivity index (χ0n) is 16.6. The van der Waals surface area contributed by atoms with Crippen molar-refractivity contribution in [1.29, 1.82) is 0 Å². The van der Waals surface area contributed by atoms with Crippen LogP contribution in [-0.2, 0) is 19.1 Å². The molecule has 0 amide bonds. The van der Waals surface area contributed by atoms with E-state index in [9.17, 15) is 24.6 Å². The third kappa shape index (κ3) is 5.24. The number of cyclic esters (lactones) is 1. The molecule has 1 aliphatic heterocycles. The molecule has 2 N–H and O–H groups in total. The average molecular weight is 368 g/mol. The fourth-order valence-electron chi connectivity index (χ4n) is 3.37. The molecule has 6 nitrogen and oxygen atoms in total. The van der Waals surface area contributed by atoms with E-state index in [1.165, 1.54) is 26.0 Å². The molecular weight excluding hydrogens is 336 g/mol. The molecule has 26 heavy (non-hydrogen) atoms. The number of hydrogen-bond donors (Lipinski definition) is 2. The second kappa shape index (κ2) is 8.91. The lowest BCUT2D eigenvalue weighted by Gasteiger charge is -2.31. The Kier molecular flexibility index (Phi) is 7.71. The number of carbonyl (C=O) groups is 3. The number of allylic oxidation sites excluding steroid dienone is 1. The summed E-state index contributed by atoms with van der Waals surface area (Å²) in [6.45, 7) is 9.78. The summed E-state index contributed by atoms with van der Waals surface area (Å²) in [6, 6.07) is 0. The predicted octanol–water partition coefficient (Wildman–Crippen LogP) is 2.06. The van der Waals surface area contributed by atoms with Crippen LogP contribution in [0.3, 0.4) is 0 Å².